The van der Waals surface area contributed by atoms with Gasteiger partial charge in [0.05, 0.1) is 22.2 Å². The van der Waals surface area contributed by atoms with Crippen LogP contribution in [-0.4, -0.2) is 12.3 Å². The second-order valence-electron chi connectivity index (χ2n) is 2.22. The first kappa shape index (κ1) is 9.52. The Balaban J connectivity index is 3.21. The molecule has 0 unspecified atom stereocenters. The predicted octanol–water partition coefficient (Wildman–Crippen LogP) is 2.13. The van der Waals surface area contributed by atoms with Crippen LogP contribution in [0.3, 0.4) is 0 Å². The van der Waals surface area contributed by atoms with Crippen LogP contribution in [0.25, 0.3) is 0 Å². The highest BCUT2D eigenvalue weighted by atomic mass is 35.5. The molecule has 12 heavy (non-hydrogen) atoms. The van der Waals surface area contributed by atoms with Crippen LogP contribution in [0.2, 0.25) is 10.0 Å². The van der Waals surface area contributed by atoms with Gasteiger partial charge in [0.1, 0.15) is 0 Å². The molecule has 0 heterocycles. The molecule has 0 saturated carbocycles. The van der Waals surface area contributed by atoms with E-state index < -0.39 is 0 Å². The maximum Gasteiger partial charge on any atom is 0.179 e. The van der Waals surface area contributed by atoms with Crippen molar-refractivity contribution in [3.05, 3.63) is 33.8 Å². The number of rotatable bonds is 2. The van der Waals surface area contributed by atoms with E-state index in [1.165, 1.54) is 0 Å². The third kappa shape index (κ3) is 1.78. The lowest BCUT2D eigenvalue weighted by Crippen LogP contribution is -2.14. The maximum atomic E-state index is 11.2. The zero-order valence-electron chi connectivity index (χ0n) is 6.18. The number of Topliss-reactive ketones (excluding diaryl/α,β-unsaturated/α-hetero) is 1. The molecule has 0 aliphatic heterocycles. The molecule has 2 N–H and O–H groups in total. The first-order valence-electron chi connectivity index (χ1n) is 3.34. The highest BCUT2D eigenvalue weighted by Gasteiger charge is 2.11. The van der Waals surface area contributed by atoms with Gasteiger partial charge in [0.2, 0.25) is 0 Å². The zero-order chi connectivity index (χ0) is 9.14. The molecule has 0 fully saturated rings. The number of halogens is 2. The Bertz CT molecular complexity index is 292. The van der Waals surface area contributed by atoms with E-state index in [0.29, 0.717) is 15.6 Å². The molecule has 1 rings (SSSR count). The lowest BCUT2D eigenvalue weighted by Gasteiger charge is -2.02. The highest BCUT2D eigenvalue weighted by Crippen LogP contribution is 2.24. The van der Waals surface area contributed by atoms with Gasteiger partial charge in [0.25, 0.3) is 0 Å². The lowest BCUT2D eigenvalue weighted by atomic mass is 10.1. The minimum atomic E-state index is -0.245. The number of ketones is 1. The van der Waals surface area contributed by atoms with Crippen molar-refractivity contribution in [3.8, 4) is 0 Å². The van der Waals surface area contributed by atoms with E-state index in [9.17, 15) is 4.79 Å². The molecule has 1 aromatic rings. The standard InChI is InChI=1S/C8H7Cl2NO/c9-5-2-1-3-6(10)8(5)7(12)4-11/h1-3H,4,11H2. The Morgan fingerprint density at radius 2 is 1.83 bits per heavy atom. The molecule has 4 heteroatoms. The second kappa shape index (κ2) is 3.90. The molecule has 0 spiro atoms. The molecule has 2 nitrogen and oxygen atoms in total. The molecular weight excluding hydrogens is 197 g/mol. The number of carbonyl (C=O) groups is 1. The number of hydrogen-bond acceptors (Lipinski definition) is 2. The maximum absolute atomic E-state index is 11.2. The summed E-state index contributed by atoms with van der Waals surface area (Å²) in [5, 5.41) is 0.691. The van der Waals surface area contributed by atoms with Gasteiger partial charge in [-0.05, 0) is 12.1 Å². The third-order valence-electron chi connectivity index (χ3n) is 1.43. The molecule has 0 aliphatic carbocycles. The number of carbonyl (C=O) groups excluding carboxylic acids is 1. The van der Waals surface area contributed by atoms with E-state index >= 15 is 0 Å². The van der Waals surface area contributed by atoms with Crippen molar-refractivity contribution in [3.63, 3.8) is 0 Å². The summed E-state index contributed by atoms with van der Waals surface area (Å²) in [4.78, 5) is 11.2. The molecule has 64 valence electrons. The van der Waals surface area contributed by atoms with Crippen molar-refractivity contribution >= 4 is 29.0 Å². The summed E-state index contributed by atoms with van der Waals surface area (Å²) in [6, 6.07) is 4.89. The van der Waals surface area contributed by atoms with Gasteiger partial charge >= 0.3 is 0 Å². The van der Waals surface area contributed by atoms with Crippen molar-refractivity contribution in [1.29, 1.82) is 0 Å². The van der Waals surface area contributed by atoms with Crippen LogP contribution in [0, 0.1) is 0 Å². The lowest BCUT2D eigenvalue weighted by molar-refractivity contribution is 0.100. The van der Waals surface area contributed by atoms with Crippen LogP contribution in [0.1, 0.15) is 10.4 Å². The summed E-state index contributed by atoms with van der Waals surface area (Å²) < 4.78 is 0. The van der Waals surface area contributed by atoms with E-state index in [1.807, 2.05) is 0 Å². The molecular formula is C8H7Cl2NO. The monoisotopic (exact) mass is 203 g/mol. The number of benzene rings is 1. The van der Waals surface area contributed by atoms with Crippen molar-refractivity contribution in [1.82, 2.24) is 0 Å². The van der Waals surface area contributed by atoms with E-state index in [-0.39, 0.29) is 12.3 Å². The van der Waals surface area contributed by atoms with Crippen molar-refractivity contribution in [2.75, 3.05) is 6.54 Å². The summed E-state index contributed by atoms with van der Waals surface area (Å²) >= 11 is 11.5. The van der Waals surface area contributed by atoms with E-state index in [4.69, 9.17) is 28.9 Å². The number of hydrogen-bond donors (Lipinski definition) is 1. The predicted molar refractivity (Wildman–Crippen MR) is 49.8 cm³/mol. The van der Waals surface area contributed by atoms with Gasteiger partial charge in [-0.25, -0.2) is 0 Å². The van der Waals surface area contributed by atoms with Crippen molar-refractivity contribution in [2.45, 2.75) is 0 Å². The van der Waals surface area contributed by atoms with Crippen LogP contribution in [-0.2, 0) is 0 Å². The van der Waals surface area contributed by atoms with Crippen molar-refractivity contribution < 1.29 is 4.79 Å². The summed E-state index contributed by atoms with van der Waals surface area (Å²) in [6.07, 6.45) is 0. The van der Waals surface area contributed by atoms with Crippen LogP contribution in [0.5, 0.6) is 0 Å². The second-order valence-corrected chi connectivity index (χ2v) is 3.04. The zero-order valence-corrected chi connectivity index (χ0v) is 7.69. The van der Waals surface area contributed by atoms with E-state index in [2.05, 4.69) is 0 Å². The topological polar surface area (TPSA) is 43.1 Å². The summed E-state index contributed by atoms with van der Waals surface area (Å²) in [7, 11) is 0. The molecule has 0 amide bonds. The SMILES string of the molecule is NCC(=O)c1c(Cl)cccc1Cl. The molecule has 0 saturated heterocycles. The summed E-state index contributed by atoms with van der Waals surface area (Å²) in [6.45, 7) is -0.0799. The van der Waals surface area contributed by atoms with Gasteiger partial charge < -0.3 is 5.73 Å². The summed E-state index contributed by atoms with van der Waals surface area (Å²) in [5.41, 5.74) is 5.48. The van der Waals surface area contributed by atoms with Gasteiger partial charge in [0, 0.05) is 0 Å². The van der Waals surface area contributed by atoms with Gasteiger partial charge in [-0.2, -0.15) is 0 Å². The van der Waals surface area contributed by atoms with Gasteiger partial charge in [-0.15, -0.1) is 0 Å². The van der Waals surface area contributed by atoms with Crippen LogP contribution < -0.4 is 5.73 Å². The minimum Gasteiger partial charge on any atom is -0.324 e. The Hall–Kier alpha value is -0.570. The molecule has 0 radical (unpaired) electrons. The average Bonchev–Trinajstić information content (AvgIpc) is 2.03. The Morgan fingerprint density at radius 3 is 2.25 bits per heavy atom. The smallest absolute Gasteiger partial charge is 0.179 e. The minimum absolute atomic E-state index is 0.0799. The van der Waals surface area contributed by atoms with Gasteiger partial charge in [-0.1, -0.05) is 29.3 Å². The normalized spacial score (nSPS) is 9.92. The highest BCUT2D eigenvalue weighted by molar-refractivity contribution is 6.39. The van der Waals surface area contributed by atoms with Crippen LogP contribution in [0.4, 0.5) is 0 Å². The van der Waals surface area contributed by atoms with Crippen LogP contribution in [0.15, 0.2) is 18.2 Å². The average molecular weight is 204 g/mol. The molecule has 0 bridgehead atoms. The fraction of sp³-hybridized carbons (Fsp3) is 0.125. The Labute approximate surface area is 80.3 Å². The van der Waals surface area contributed by atoms with E-state index in [0.717, 1.165) is 0 Å². The Kier molecular flexibility index (Phi) is 3.09. The van der Waals surface area contributed by atoms with Crippen LogP contribution >= 0.6 is 23.2 Å². The first-order valence-corrected chi connectivity index (χ1v) is 4.09. The first-order chi connectivity index (χ1) is 5.66. The van der Waals surface area contributed by atoms with Gasteiger partial charge in [-0.3, -0.25) is 4.79 Å². The Morgan fingerprint density at radius 1 is 1.33 bits per heavy atom. The van der Waals surface area contributed by atoms with Gasteiger partial charge in [0.15, 0.2) is 5.78 Å². The number of nitrogens with two attached hydrogens (primary N) is 1. The molecule has 0 aliphatic rings. The quantitative estimate of drug-likeness (QED) is 0.749. The van der Waals surface area contributed by atoms with Crippen molar-refractivity contribution in [2.24, 2.45) is 5.73 Å². The fourth-order valence-electron chi connectivity index (χ4n) is 0.866. The third-order valence-corrected chi connectivity index (χ3v) is 2.06. The fourth-order valence-corrected chi connectivity index (χ4v) is 1.47. The summed E-state index contributed by atoms with van der Waals surface area (Å²) in [5.74, 6) is -0.245. The molecule has 1 aromatic carbocycles. The molecule has 0 aromatic heterocycles. The van der Waals surface area contributed by atoms with E-state index in [1.54, 1.807) is 18.2 Å². The largest absolute Gasteiger partial charge is 0.324 e. The molecule has 0 atom stereocenters.